The van der Waals surface area contributed by atoms with Gasteiger partial charge in [0.05, 0.1) is 17.5 Å². The van der Waals surface area contributed by atoms with Gasteiger partial charge in [-0.3, -0.25) is 14.8 Å². The third-order valence-corrected chi connectivity index (χ3v) is 3.85. The van der Waals surface area contributed by atoms with Crippen molar-refractivity contribution in [2.45, 2.75) is 19.1 Å². The number of hydrogen-bond acceptors (Lipinski definition) is 6. The van der Waals surface area contributed by atoms with Crippen molar-refractivity contribution in [3.8, 4) is 5.75 Å². The van der Waals surface area contributed by atoms with Crippen molar-refractivity contribution in [3.05, 3.63) is 82.4 Å². The molecule has 2 aromatic carbocycles. The first-order chi connectivity index (χ1) is 12.1. The maximum atomic E-state index is 10.9. The summed E-state index contributed by atoms with van der Waals surface area (Å²) in [6.45, 7) is 0.821. The van der Waals surface area contributed by atoms with Crippen molar-refractivity contribution in [2.24, 2.45) is 0 Å². The van der Waals surface area contributed by atoms with Gasteiger partial charge >= 0.3 is 0 Å². The van der Waals surface area contributed by atoms with Crippen LogP contribution in [0.1, 0.15) is 17.2 Å². The highest BCUT2D eigenvalue weighted by molar-refractivity contribution is 5.43. The number of nitrogens with one attached hydrogen (secondary N) is 1. The second kappa shape index (κ2) is 7.54. The molecule has 0 amide bonds. The van der Waals surface area contributed by atoms with Gasteiger partial charge in [0.2, 0.25) is 0 Å². The lowest BCUT2D eigenvalue weighted by Crippen LogP contribution is -2.25. The van der Waals surface area contributed by atoms with E-state index in [4.69, 9.17) is 0 Å². The van der Waals surface area contributed by atoms with E-state index < -0.39 is 4.92 Å². The van der Waals surface area contributed by atoms with Gasteiger partial charge in [-0.1, -0.05) is 30.3 Å². The Kier molecular flexibility index (Phi) is 5.00. The third kappa shape index (κ3) is 4.18. The molecule has 1 atom stereocenters. The molecule has 3 rings (SSSR count). The van der Waals surface area contributed by atoms with Gasteiger partial charge in [-0.2, -0.15) is 5.10 Å². The van der Waals surface area contributed by atoms with Crippen LogP contribution in [-0.2, 0) is 13.1 Å². The minimum atomic E-state index is -0.479. The van der Waals surface area contributed by atoms with Gasteiger partial charge in [0.1, 0.15) is 18.4 Å². The number of phenols is 1. The summed E-state index contributed by atoms with van der Waals surface area (Å²) in [7, 11) is 0. The number of hydrogen-bond donors (Lipinski definition) is 2. The Morgan fingerprint density at radius 2 is 2.04 bits per heavy atom. The molecule has 0 spiro atoms. The summed E-state index contributed by atoms with van der Waals surface area (Å²) < 4.78 is 1.71. The molecule has 0 bridgehead atoms. The molecule has 8 nitrogen and oxygen atoms in total. The topological polar surface area (TPSA) is 106 Å². The molecule has 0 fully saturated rings. The zero-order valence-electron chi connectivity index (χ0n) is 13.3. The van der Waals surface area contributed by atoms with E-state index in [0.717, 1.165) is 5.56 Å². The molecule has 8 heteroatoms. The van der Waals surface area contributed by atoms with Crippen LogP contribution in [0, 0.1) is 10.1 Å². The Morgan fingerprint density at radius 1 is 1.24 bits per heavy atom. The number of non-ortho nitro benzene ring substituents is 1. The van der Waals surface area contributed by atoms with Crippen LogP contribution in [-0.4, -0.2) is 24.8 Å². The molecule has 3 aromatic rings. The first kappa shape index (κ1) is 16.6. The lowest BCUT2D eigenvalue weighted by Gasteiger charge is -2.19. The molecule has 0 aliphatic heterocycles. The Hall–Kier alpha value is -3.26. The number of aromatic hydroxyl groups is 1. The van der Waals surface area contributed by atoms with E-state index in [2.05, 4.69) is 15.4 Å². The molecular formula is C17H17N5O3. The Bertz CT molecular complexity index is 837. The van der Waals surface area contributed by atoms with Gasteiger partial charge in [-0.25, -0.2) is 4.98 Å². The van der Waals surface area contributed by atoms with Crippen LogP contribution in [0.2, 0.25) is 0 Å². The molecular weight excluding hydrogens is 322 g/mol. The van der Waals surface area contributed by atoms with E-state index in [1.807, 2.05) is 30.3 Å². The van der Waals surface area contributed by atoms with Crippen LogP contribution < -0.4 is 5.32 Å². The monoisotopic (exact) mass is 339 g/mol. The SMILES string of the molecule is O=[N+]([O-])c1ccc(O)c(CN[C@H](Cn2cncn2)c2ccccc2)c1. The molecule has 0 saturated carbocycles. The molecule has 0 aliphatic rings. The van der Waals surface area contributed by atoms with Gasteiger partial charge in [0.25, 0.3) is 5.69 Å². The van der Waals surface area contributed by atoms with Gasteiger partial charge in [0, 0.05) is 24.2 Å². The van der Waals surface area contributed by atoms with E-state index in [1.54, 1.807) is 11.0 Å². The van der Waals surface area contributed by atoms with E-state index in [1.165, 1.54) is 24.5 Å². The molecule has 0 radical (unpaired) electrons. The highest BCUT2D eigenvalue weighted by Gasteiger charge is 2.15. The van der Waals surface area contributed by atoms with Gasteiger partial charge in [-0.15, -0.1) is 0 Å². The van der Waals surface area contributed by atoms with Crippen molar-refractivity contribution >= 4 is 5.69 Å². The molecule has 2 N–H and O–H groups in total. The summed E-state index contributed by atoms with van der Waals surface area (Å²) in [5.74, 6) is 0.0191. The average molecular weight is 339 g/mol. The predicted octanol–water partition coefficient (Wildman–Crippen LogP) is 2.42. The molecule has 0 aliphatic carbocycles. The average Bonchev–Trinajstić information content (AvgIpc) is 3.13. The highest BCUT2D eigenvalue weighted by atomic mass is 16.6. The zero-order chi connectivity index (χ0) is 17.6. The van der Waals surface area contributed by atoms with E-state index in [9.17, 15) is 15.2 Å². The quantitative estimate of drug-likeness (QED) is 0.506. The lowest BCUT2D eigenvalue weighted by molar-refractivity contribution is -0.384. The number of nitro groups is 1. The van der Waals surface area contributed by atoms with Gasteiger partial charge < -0.3 is 10.4 Å². The third-order valence-electron chi connectivity index (χ3n) is 3.85. The number of benzene rings is 2. The summed E-state index contributed by atoms with van der Waals surface area (Å²) >= 11 is 0. The fraction of sp³-hybridized carbons (Fsp3) is 0.176. The number of nitrogens with zero attached hydrogens (tertiary/aromatic N) is 4. The van der Waals surface area contributed by atoms with Crippen LogP contribution in [0.15, 0.2) is 61.2 Å². The van der Waals surface area contributed by atoms with Crippen LogP contribution in [0.5, 0.6) is 5.75 Å². The highest BCUT2D eigenvalue weighted by Crippen LogP contribution is 2.24. The van der Waals surface area contributed by atoms with Crippen LogP contribution in [0.25, 0.3) is 0 Å². The van der Waals surface area contributed by atoms with Crippen molar-refractivity contribution in [2.75, 3.05) is 0 Å². The van der Waals surface area contributed by atoms with E-state index in [0.29, 0.717) is 12.1 Å². The zero-order valence-corrected chi connectivity index (χ0v) is 13.3. The van der Waals surface area contributed by atoms with Crippen LogP contribution in [0.3, 0.4) is 0 Å². The van der Waals surface area contributed by atoms with Gasteiger partial charge in [-0.05, 0) is 11.6 Å². The standard InChI is InChI=1S/C17H17N5O3/c23-17-7-6-15(22(24)25)8-14(17)9-19-16(10-21-12-18-11-20-21)13-4-2-1-3-5-13/h1-8,11-12,16,19,23H,9-10H2/t16-/m1/s1. The van der Waals surface area contributed by atoms with E-state index >= 15 is 0 Å². The summed E-state index contributed by atoms with van der Waals surface area (Å²) in [5, 5.41) is 28.3. The normalized spacial score (nSPS) is 12.0. The molecule has 1 aromatic heterocycles. The second-order valence-electron chi connectivity index (χ2n) is 5.53. The van der Waals surface area contributed by atoms with Crippen molar-refractivity contribution in [3.63, 3.8) is 0 Å². The maximum Gasteiger partial charge on any atom is 0.270 e. The molecule has 25 heavy (non-hydrogen) atoms. The maximum absolute atomic E-state index is 10.9. The minimum Gasteiger partial charge on any atom is -0.508 e. The predicted molar refractivity (Wildman–Crippen MR) is 90.8 cm³/mol. The van der Waals surface area contributed by atoms with Gasteiger partial charge in [0.15, 0.2) is 0 Å². The number of aromatic nitrogens is 3. The summed E-state index contributed by atoms with van der Waals surface area (Å²) in [6.07, 6.45) is 3.09. The molecule has 1 heterocycles. The number of rotatable bonds is 7. The smallest absolute Gasteiger partial charge is 0.270 e. The first-order valence-electron chi connectivity index (χ1n) is 7.70. The van der Waals surface area contributed by atoms with Crippen molar-refractivity contribution in [1.29, 1.82) is 0 Å². The summed E-state index contributed by atoms with van der Waals surface area (Å²) in [6, 6.07) is 13.7. The number of phenolic OH excluding ortho intramolecular Hbond substituents is 1. The van der Waals surface area contributed by atoms with Crippen molar-refractivity contribution < 1.29 is 10.0 Å². The second-order valence-corrected chi connectivity index (χ2v) is 5.53. The number of nitro benzene ring substituents is 1. The molecule has 0 saturated heterocycles. The summed E-state index contributed by atoms with van der Waals surface area (Å²) in [5.41, 5.74) is 1.46. The van der Waals surface area contributed by atoms with Crippen LogP contribution in [0.4, 0.5) is 5.69 Å². The fourth-order valence-corrected chi connectivity index (χ4v) is 2.55. The fourth-order valence-electron chi connectivity index (χ4n) is 2.55. The molecule has 128 valence electrons. The Labute approximate surface area is 143 Å². The van der Waals surface area contributed by atoms with Crippen LogP contribution >= 0.6 is 0 Å². The molecule has 0 unspecified atom stereocenters. The van der Waals surface area contributed by atoms with E-state index in [-0.39, 0.29) is 24.0 Å². The lowest BCUT2D eigenvalue weighted by atomic mass is 10.1. The summed E-state index contributed by atoms with van der Waals surface area (Å²) in [4.78, 5) is 14.4. The first-order valence-corrected chi connectivity index (χ1v) is 7.70. The minimum absolute atomic E-state index is 0.0191. The van der Waals surface area contributed by atoms with Crippen molar-refractivity contribution in [1.82, 2.24) is 20.1 Å². The Morgan fingerprint density at radius 3 is 2.72 bits per heavy atom. The Balaban J connectivity index is 1.79. The largest absolute Gasteiger partial charge is 0.508 e.